The molecule has 1 aromatic heterocycles. The van der Waals surface area contributed by atoms with Crippen LogP contribution in [0.25, 0.3) is 10.4 Å². The molecule has 0 unspecified atom stereocenters. The Morgan fingerprint density at radius 1 is 1.35 bits per heavy atom. The zero-order chi connectivity index (χ0) is 11.8. The van der Waals surface area contributed by atoms with Crippen LogP contribution in [0.3, 0.4) is 0 Å². The predicted molar refractivity (Wildman–Crippen MR) is 67.5 cm³/mol. The van der Waals surface area contributed by atoms with E-state index in [1.165, 1.54) is 11.3 Å². The molecule has 0 bridgehead atoms. The number of amides is 1. The van der Waals surface area contributed by atoms with Gasteiger partial charge in [-0.05, 0) is 23.8 Å². The molecule has 4 heteroatoms. The Morgan fingerprint density at radius 2 is 2.18 bits per heavy atom. The first-order chi connectivity index (χ1) is 8.25. The lowest BCUT2D eigenvalue weighted by Gasteiger charge is -2.05. The topological polar surface area (TPSA) is 52.3 Å². The molecule has 2 N–H and O–H groups in total. The number of benzene rings is 1. The van der Waals surface area contributed by atoms with Gasteiger partial charge in [0.2, 0.25) is 0 Å². The van der Waals surface area contributed by atoms with Crippen LogP contribution in [0.2, 0.25) is 0 Å². The Balaban J connectivity index is 2.21. The number of ether oxygens (including phenoxy) is 1. The minimum Gasteiger partial charge on any atom is -0.493 e. The van der Waals surface area contributed by atoms with Gasteiger partial charge in [-0.3, -0.25) is 4.79 Å². The molecule has 0 saturated heterocycles. The predicted octanol–water partition coefficient (Wildman–Crippen LogP) is 2.45. The van der Waals surface area contributed by atoms with Crippen molar-refractivity contribution < 1.29 is 9.53 Å². The fourth-order valence-electron chi connectivity index (χ4n) is 2.01. The normalized spacial score (nSPS) is 13.2. The van der Waals surface area contributed by atoms with Gasteiger partial charge in [-0.25, -0.2) is 0 Å². The number of carbonyl (C=O) groups is 1. The van der Waals surface area contributed by atoms with Gasteiger partial charge in [0.1, 0.15) is 5.75 Å². The van der Waals surface area contributed by atoms with E-state index in [-0.39, 0.29) is 5.91 Å². The maximum Gasteiger partial charge on any atom is 0.258 e. The third-order valence-corrected chi connectivity index (χ3v) is 4.04. The minimum atomic E-state index is -0.360. The lowest BCUT2D eigenvalue weighted by atomic mass is 10.1. The van der Waals surface area contributed by atoms with Crippen LogP contribution in [0.4, 0.5) is 0 Å². The molecule has 1 aromatic carbocycles. The van der Waals surface area contributed by atoms with Crippen molar-refractivity contribution in [3.8, 4) is 16.2 Å². The van der Waals surface area contributed by atoms with E-state index in [4.69, 9.17) is 10.5 Å². The Bertz CT molecular complexity index is 589. The van der Waals surface area contributed by atoms with Crippen molar-refractivity contribution in [1.29, 1.82) is 0 Å². The first-order valence-electron chi connectivity index (χ1n) is 5.40. The van der Waals surface area contributed by atoms with Crippen LogP contribution in [0.15, 0.2) is 30.3 Å². The van der Waals surface area contributed by atoms with Crippen LogP contribution in [0.5, 0.6) is 5.75 Å². The second kappa shape index (κ2) is 3.89. The van der Waals surface area contributed by atoms with E-state index in [2.05, 4.69) is 0 Å². The van der Waals surface area contributed by atoms with E-state index in [1.54, 1.807) is 0 Å². The Kier molecular flexibility index (Phi) is 2.37. The van der Waals surface area contributed by atoms with Crippen LogP contribution in [-0.2, 0) is 6.42 Å². The number of thiophene rings is 1. The molecule has 86 valence electrons. The van der Waals surface area contributed by atoms with Gasteiger partial charge in [-0.1, -0.05) is 12.1 Å². The fourth-order valence-corrected chi connectivity index (χ4v) is 3.11. The molecule has 2 aromatic rings. The van der Waals surface area contributed by atoms with Crippen molar-refractivity contribution in [2.75, 3.05) is 6.61 Å². The lowest BCUT2D eigenvalue weighted by molar-refractivity contribution is 0.100. The highest BCUT2D eigenvalue weighted by Gasteiger charge is 2.19. The summed E-state index contributed by atoms with van der Waals surface area (Å²) in [6.45, 7) is 0.638. The third-order valence-electron chi connectivity index (χ3n) is 2.81. The fraction of sp³-hybridized carbons (Fsp3) is 0.154. The molecule has 17 heavy (non-hydrogen) atoms. The minimum absolute atomic E-state index is 0.360. The monoisotopic (exact) mass is 245 g/mol. The highest BCUT2D eigenvalue weighted by Crippen LogP contribution is 2.40. The molecule has 0 atom stereocenters. The number of fused-ring (bicyclic) bond motifs is 3. The van der Waals surface area contributed by atoms with Gasteiger partial charge in [0, 0.05) is 16.9 Å². The van der Waals surface area contributed by atoms with E-state index >= 15 is 0 Å². The van der Waals surface area contributed by atoms with E-state index in [1.807, 2.05) is 30.3 Å². The van der Waals surface area contributed by atoms with E-state index in [0.29, 0.717) is 11.5 Å². The number of primary amides is 1. The van der Waals surface area contributed by atoms with Crippen LogP contribution >= 0.6 is 11.3 Å². The highest BCUT2D eigenvalue weighted by atomic mass is 32.1. The van der Waals surface area contributed by atoms with Gasteiger partial charge in [-0.2, -0.15) is 0 Å². The van der Waals surface area contributed by atoms with Crippen molar-refractivity contribution in [1.82, 2.24) is 0 Å². The standard InChI is InChI=1S/C13H11NO2S/c14-13(15)11-7-8-5-6-16-10-4-2-1-3-9(10)12(8)17-11/h1-4,7H,5-6H2,(H2,14,15). The Labute approximate surface area is 103 Å². The van der Waals surface area contributed by atoms with Gasteiger partial charge in [0.25, 0.3) is 5.91 Å². The maximum absolute atomic E-state index is 11.2. The number of hydrogen-bond acceptors (Lipinski definition) is 3. The molecule has 1 amide bonds. The van der Waals surface area contributed by atoms with Crippen LogP contribution < -0.4 is 10.5 Å². The summed E-state index contributed by atoms with van der Waals surface area (Å²) in [5.41, 5.74) is 7.53. The lowest BCUT2D eigenvalue weighted by Crippen LogP contribution is -2.08. The first kappa shape index (κ1) is 10.4. The highest BCUT2D eigenvalue weighted by molar-refractivity contribution is 7.17. The molecule has 3 nitrogen and oxygen atoms in total. The summed E-state index contributed by atoms with van der Waals surface area (Å²) in [6.07, 6.45) is 0.813. The average Bonchev–Trinajstić information content (AvgIpc) is 2.67. The first-order valence-corrected chi connectivity index (χ1v) is 6.22. The van der Waals surface area contributed by atoms with E-state index in [9.17, 15) is 4.79 Å². The summed E-state index contributed by atoms with van der Waals surface area (Å²) >= 11 is 1.44. The summed E-state index contributed by atoms with van der Waals surface area (Å²) in [5.74, 6) is 0.519. The number of para-hydroxylation sites is 1. The molecule has 0 radical (unpaired) electrons. The van der Waals surface area contributed by atoms with Crippen molar-refractivity contribution in [3.63, 3.8) is 0 Å². The van der Waals surface area contributed by atoms with Crippen LogP contribution in [-0.4, -0.2) is 12.5 Å². The van der Waals surface area contributed by atoms with Gasteiger partial charge >= 0.3 is 0 Å². The van der Waals surface area contributed by atoms with Gasteiger partial charge < -0.3 is 10.5 Å². The molecule has 0 fully saturated rings. The second-order valence-corrected chi connectivity index (χ2v) is 4.98. The summed E-state index contributed by atoms with van der Waals surface area (Å²) in [4.78, 5) is 12.9. The van der Waals surface area contributed by atoms with Crippen molar-refractivity contribution >= 4 is 17.2 Å². The number of nitrogens with two attached hydrogens (primary N) is 1. The number of carbonyl (C=O) groups excluding carboxylic acids is 1. The van der Waals surface area contributed by atoms with Crippen molar-refractivity contribution in [2.45, 2.75) is 6.42 Å². The van der Waals surface area contributed by atoms with Crippen LogP contribution in [0, 0.1) is 0 Å². The van der Waals surface area contributed by atoms with Gasteiger partial charge in [0.15, 0.2) is 0 Å². The van der Waals surface area contributed by atoms with Gasteiger partial charge in [-0.15, -0.1) is 11.3 Å². The van der Waals surface area contributed by atoms with Gasteiger partial charge in [0.05, 0.1) is 11.5 Å². The van der Waals surface area contributed by atoms with Crippen molar-refractivity contribution in [2.24, 2.45) is 5.73 Å². The quantitative estimate of drug-likeness (QED) is 0.839. The largest absolute Gasteiger partial charge is 0.493 e. The van der Waals surface area contributed by atoms with Crippen molar-refractivity contribution in [3.05, 3.63) is 40.8 Å². The Hall–Kier alpha value is -1.81. The SMILES string of the molecule is NC(=O)c1cc2c(s1)-c1ccccc1OCC2. The molecular formula is C13H11NO2S. The zero-order valence-corrected chi connectivity index (χ0v) is 9.92. The van der Waals surface area contributed by atoms with E-state index < -0.39 is 0 Å². The molecule has 0 aliphatic carbocycles. The molecule has 1 aliphatic rings. The Morgan fingerprint density at radius 3 is 3.00 bits per heavy atom. The molecule has 0 spiro atoms. The summed E-state index contributed by atoms with van der Waals surface area (Å²) < 4.78 is 5.68. The molecule has 3 rings (SSSR count). The molecule has 1 aliphatic heterocycles. The summed E-state index contributed by atoms with van der Waals surface area (Å²) in [5, 5.41) is 0. The maximum atomic E-state index is 11.2. The van der Waals surface area contributed by atoms with Crippen LogP contribution in [0.1, 0.15) is 15.2 Å². The summed E-state index contributed by atoms with van der Waals surface area (Å²) in [7, 11) is 0. The second-order valence-electron chi connectivity index (χ2n) is 3.92. The third kappa shape index (κ3) is 1.70. The molecule has 2 heterocycles. The summed E-state index contributed by atoms with van der Waals surface area (Å²) in [6, 6.07) is 9.77. The van der Waals surface area contributed by atoms with E-state index in [0.717, 1.165) is 28.2 Å². The number of rotatable bonds is 1. The molecular weight excluding hydrogens is 234 g/mol. The average molecular weight is 245 g/mol. The number of hydrogen-bond donors (Lipinski definition) is 1. The molecule has 0 saturated carbocycles. The zero-order valence-electron chi connectivity index (χ0n) is 9.10. The smallest absolute Gasteiger partial charge is 0.258 e.